The first-order valence-electron chi connectivity index (χ1n) is 5.86. The SMILES string of the molecule is CCCNc1nccc(C(=O)NCCSC)c1F. The van der Waals surface area contributed by atoms with Crippen LogP contribution in [0.25, 0.3) is 0 Å². The zero-order chi connectivity index (χ0) is 13.4. The lowest BCUT2D eigenvalue weighted by Crippen LogP contribution is -2.27. The Labute approximate surface area is 111 Å². The average molecular weight is 271 g/mol. The lowest BCUT2D eigenvalue weighted by atomic mass is 10.2. The summed E-state index contributed by atoms with van der Waals surface area (Å²) in [6.45, 7) is 3.13. The number of nitrogens with one attached hydrogen (secondary N) is 2. The number of hydrogen-bond donors (Lipinski definition) is 2. The van der Waals surface area contributed by atoms with Crippen LogP contribution in [0.1, 0.15) is 23.7 Å². The molecule has 1 amide bonds. The Morgan fingerprint density at radius 1 is 1.50 bits per heavy atom. The second-order valence-corrected chi connectivity index (χ2v) is 4.68. The highest BCUT2D eigenvalue weighted by atomic mass is 32.2. The Morgan fingerprint density at radius 3 is 2.94 bits per heavy atom. The summed E-state index contributed by atoms with van der Waals surface area (Å²) in [6, 6.07) is 1.39. The van der Waals surface area contributed by atoms with Crippen LogP contribution in [0.5, 0.6) is 0 Å². The number of nitrogens with zero attached hydrogens (tertiary/aromatic N) is 1. The maximum atomic E-state index is 14.0. The van der Waals surface area contributed by atoms with E-state index in [9.17, 15) is 9.18 Å². The predicted octanol–water partition coefficient (Wildman–Crippen LogP) is 2.14. The van der Waals surface area contributed by atoms with E-state index in [1.54, 1.807) is 11.8 Å². The molecule has 0 aliphatic carbocycles. The Kier molecular flexibility index (Phi) is 6.49. The molecule has 6 heteroatoms. The van der Waals surface area contributed by atoms with E-state index in [0.29, 0.717) is 13.1 Å². The van der Waals surface area contributed by atoms with Gasteiger partial charge in [-0.25, -0.2) is 9.37 Å². The third kappa shape index (κ3) is 4.18. The number of carbonyl (C=O) groups is 1. The predicted molar refractivity (Wildman–Crippen MR) is 73.7 cm³/mol. The molecule has 4 nitrogen and oxygen atoms in total. The number of aromatic nitrogens is 1. The summed E-state index contributed by atoms with van der Waals surface area (Å²) in [5.41, 5.74) is 0.0321. The van der Waals surface area contributed by atoms with Crippen LogP contribution in [0.2, 0.25) is 0 Å². The zero-order valence-corrected chi connectivity index (χ0v) is 11.4. The fourth-order valence-corrected chi connectivity index (χ4v) is 1.65. The van der Waals surface area contributed by atoms with Gasteiger partial charge in [0.2, 0.25) is 0 Å². The maximum absolute atomic E-state index is 14.0. The molecule has 1 rings (SSSR count). The minimum Gasteiger partial charge on any atom is -0.368 e. The van der Waals surface area contributed by atoms with Crippen molar-refractivity contribution in [1.29, 1.82) is 0 Å². The number of thioether (sulfide) groups is 1. The number of pyridine rings is 1. The topological polar surface area (TPSA) is 54.0 Å². The van der Waals surface area contributed by atoms with Crippen molar-refractivity contribution in [1.82, 2.24) is 10.3 Å². The van der Waals surface area contributed by atoms with Crippen molar-refractivity contribution in [3.05, 3.63) is 23.6 Å². The van der Waals surface area contributed by atoms with E-state index in [2.05, 4.69) is 15.6 Å². The van der Waals surface area contributed by atoms with E-state index in [0.717, 1.165) is 12.2 Å². The number of amides is 1. The van der Waals surface area contributed by atoms with Crippen LogP contribution in [-0.2, 0) is 0 Å². The summed E-state index contributed by atoms with van der Waals surface area (Å²) >= 11 is 1.62. The van der Waals surface area contributed by atoms with Gasteiger partial charge in [-0.15, -0.1) is 0 Å². The van der Waals surface area contributed by atoms with Gasteiger partial charge >= 0.3 is 0 Å². The van der Waals surface area contributed by atoms with Gasteiger partial charge in [0.15, 0.2) is 11.6 Å². The van der Waals surface area contributed by atoms with Crippen molar-refractivity contribution in [3.63, 3.8) is 0 Å². The Hall–Kier alpha value is -1.30. The van der Waals surface area contributed by atoms with Crippen molar-refractivity contribution in [2.75, 3.05) is 30.4 Å². The second-order valence-electron chi connectivity index (χ2n) is 3.70. The first-order chi connectivity index (χ1) is 8.70. The number of halogens is 1. The summed E-state index contributed by atoms with van der Waals surface area (Å²) in [5.74, 6) is -0.0511. The molecule has 18 heavy (non-hydrogen) atoms. The fraction of sp³-hybridized carbons (Fsp3) is 0.500. The van der Waals surface area contributed by atoms with Crippen LogP contribution in [0.4, 0.5) is 10.2 Å². The maximum Gasteiger partial charge on any atom is 0.254 e. The smallest absolute Gasteiger partial charge is 0.254 e. The third-order valence-electron chi connectivity index (χ3n) is 2.27. The first kappa shape index (κ1) is 14.8. The molecule has 1 aromatic heterocycles. The summed E-state index contributed by atoms with van der Waals surface area (Å²) in [5, 5.41) is 5.52. The van der Waals surface area contributed by atoms with Crippen molar-refractivity contribution >= 4 is 23.5 Å². The van der Waals surface area contributed by atoms with Crippen LogP contribution in [0, 0.1) is 5.82 Å². The van der Waals surface area contributed by atoms with Gasteiger partial charge in [-0.1, -0.05) is 6.92 Å². The minimum absolute atomic E-state index is 0.0321. The number of carbonyl (C=O) groups excluding carboxylic acids is 1. The number of hydrogen-bond acceptors (Lipinski definition) is 4. The lowest BCUT2D eigenvalue weighted by Gasteiger charge is -2.09. The summed E-state index contributed by atoms with van der Waals surface area (Å²) in [7, 11) is 0. The molecule has 0 saturated heterocycles. The van der Waals surface area contributed by atoms with E-state index in [4.69, 9.17) is 0 Å². The molecule has 0 saturated carbocycles. The second kappa shape index (κ2) is 7.92. The van der Waals surface area contributed by atoms with Crippen molar-refractivity contribution < 1.29 is 9.18 Å². The van der Waals surface area contributed by atoms with Gasteiger partial charge in [-0.05, 0) is 18.7 Å². The molecule has 0 spiro atoms. The Balaban J connectivity index is 2.72. The Bertz CT molecular complexity index is 401. The van der Waals surface area contributed by atoms with Crippen LogP contribution < -0.4 is 10.6 Å². The van der Waals surface area contributed by atoms with E-state index >= 15 is 0 Å². The van der Waals surface area contributed by atoms with Crippen LogP contribution in [0.15, 0.2) is 12.3 Å². The Morgan fingerprint density at radius 2 is 2.28 bits per heavy atom. The molecule has 0 bridgehead atoms. The highest BCUT2D eigenvalue weighted by molar-refractivity contribution is 7.98. The van der Waals surface area contributed by atoms with Gasteiger partial charge in [-0.2, -0.15) is 11.8 Å². The van der Waals surface area contributed by atoms with E-state index < -0.39 is 11.7 Å². The molecule has 0 aliphatic rings. The standard InChI is InChI=1S/C12H18FN3OS/c1-3-5-14-11-10(13)9(4-6-15-11)12(17)16-7-8-18-2/h4,6H,3,5,7-8H2,1-2H3,(H,14,15)(H,16,17). The summed E-state index contributed by atoms with van der Waals surface area (Å²) < 4.78 is 14.0. The number of rotatable bonds is 7. The molecule has 0 unspecified atom stereocenters. The molecular weight excluding hydrogens is 253 g/mol. The summed E-state index contributed by atoms with van der Waals surface area (Å²) in [6.07, 6.45) is 4.25. The van der Waals surface area contributed by atoms with Crippen molar-refractivity contribution in [2.45, 2.75) is 13.3 Å². The molecule has 0 atom stereocenters. The van der Waals surface area contributed by atoms with Gasteiger partial charge < -0.3 is 10.6 Å². The monoisotopic (exact) mass is 271 g/mol. The number of anilines is 1. The molecule has 100 valence electrons. The van der Waals surface area contributed by atoms with Gasteiger partial charge in [-0.3, -0.25) is 4.79 Å². The average Bonchev–Trinajstić information content (AvgIpc) is 2.37. The molecule has 0 fully saturated rings. The van der Waals surface area contributed by atoms with Gasteiger partial charge in [0.05, 0.1) is 5.56 Å². The van der Waals surface area contributed by atoms with Crippen LogP contribution in [-0.4, -0.2) is 36.0 Å². The molecule has 0 aliphatic heterocycles. The van der Waals surface area contributed by atoms with E-state index in [-0.39, 0.29) is 11.4 Å². The molecule has 0 radical (unpaired) electrons. The summed E-state index contributed by atoms with van der Waals surface area (Å²) in [4.78, 5) is 15.6. The largest absolute Gasteiger partial charge is 0.368 e. The molecule has 0 aromatic carbocycles. The fourth-order valence-electron chi connectivity index (χ4n) is 1.35. The molecule has 1 aromatic rings. The molecule has 2 N–H and O–H groups in total. The van der Waals surface area contributed by atoms with E-state index in [1.165, 1.54) is 12.3 Å². The highest BCUT2D eigenvalue weighted by Gasteiger charge is 2.15. The van der Waals surface area contributed by atoms with E-state index in [1.807, 2.05) is 13.2 Å². The molecular formula is C12H18FN3OS. The minimum atomic E-state index is -0.590. The van der Waals surface area contributed by atoms with Crippen molar-refractivity contribution in [3.8, 4) is 0 Å². The normalized spacial score (nSPS) is 10.2. The van der Waals surface area contributed by atoms with Crippen LogP contribution >= 0.6 is 11.8 Å². The quantitative estimate of drug-likeness (QED) is 0.746. The van der Waals surface area contributed by atoms with Gasteiger partial charge in [0.25, 0.3) is 5.91 Å². The van der Waals surface area contributed by atoms with Crippen LogP contribution in [0.3, 0.4) is 0 Å². The first-order valence-corrected chi connectivity index (χ1v) is 7.25. The van der Waals surface area contributed by atoms with Gasteiger partial charge in [0, 0.05) is 25.0 Å². The van der Waals surface area contributed by atoms with Crippen molar-refractivity contribution in [2.24, 2.45) is 0 Å². The third-order valence-corrected chi connectivity index (χ3v) is 2.88. The zero-order valence-electron chi connectivity index (χ0n) is 10.6. The van der Waals surface area contributed by atoms with Gasteiger partial charge in [0.1, 0.15) is 0 Å². The molecule has 1 heterocycles. The highest BCUT2D eigenvalue weighted by Crippen LogP contribution is 2.14. The lowest BCUT2D eigenvalue weighted by molar-refractivity contribution is 0.0952.